The highest BCUT2D eigenvalue weighted by molar-refractivity contribution is 6.31. The summed E-state index contributed by atoms with van der Waals surface area (Å²) in [6, 6.07) is 7.03. The fourth-order valence-electron chi connectivity index (χ4n) is 1.95. The molecule has 1 atom stereocenters. The van der Waals surface area contributed by atoms with Crippen LogP contribution in [0.1, 0.15) is 28.8 Å². The maximum absolute atomic E-state index is 10.3. The molecule has 0 fully saturated rings. The Hall–Kier alpha value is -1.45. The second-order valence-electron chi connectivity index (χ2n) is 4.16. The van der Waals surface area contributed by atoms with E-state index in [0.29, 0.717) is 22.1 Å². The maximum Gasteiger partial charge on any atom is 0.120 e. The number of rotatable bonds is 3. The Morgan fingerprint density at radius 3 is 2.44 bits per heavy atom. The van der Waals surface area contributed by atoms with Gasteiger partial charge in [-0.25, -0.2) is 0 Å². The van der Waals surface area contributed by atoms with E-state index in [9.17, 15) is 5.11 Å². The molecule has 18 heavy (non-hydrogen) atoms. The number of hydrogen-bond acceptors (Lipinski definition) is 3. The fraction of sp³-hybridized carbons (Fsp3) is 0.286. The van der Waals surface area contributed by atoms with Crippen molar-refractivity contribution in [3.05, 3.63) is 51.9 Å². The van der Waals surface area contributed by atoms with Gasteiger partial charge in [0.05, 0.1) is 12.1 Å². The largest absolute Gasteiger partial charge is 0.497 e. The highest BCUT2D eigenvalue weighted by atomic mass is 35.5. The molecule has 0 bridgehead atoms. The molecule has 1 unspecified atom stereocenters. The molecule has 0 saturated carbocycles. The van der Waals surface area contributed by atoms with Crippen molar-refractivity contribution < 1.29 is 14.3 Å². The lowest BCUT2D eigenvalue weighted by atomic mass is 10.0. The van der Waals surface area contributed by atoms with E-state index < -0.39 is 6.10 Å². The summed E-state index contributed by atoms with van der Waals surface area (Å²) in [6.07, 6.45) is -0.791. The topological polar surface area (TPSA) is 42.6 Å². The number of halogens is 1. The van der Waals surface area contributed by atoms with Gasteiger partial charge in [0.2, 0.25) is 0 Å². The number of ether oxygens (including phenoxy) is 1. The van der Waals surface area contributed by atoms with Crippen molar-refractivity contribution in [2.45, 2.75) is 20.0 Å². The van der Waals surface area contributed by atoms with Crippen LogP contribution in [0, 0.1) is 13.8 Å². The normalized spacial score (nSPS) is 12.5. The van der Waals surface area contributed by atoms with E-state index in [0.717, 1.165) is 11.3 Å². The predicted octanol–water partition coefficient (Wildman–Crippen LogP) is 3.64. The van der Waals surface area contributed by atoms with Crippen molar-refractivity contribution in [3.63, 3.8) is 0 Å². The molecule has 0 saturated heterocycles. The summed E-state index contributed by atoms with van der Waals surface area (Å²) in [5.41, 5.74) is 1.38. The third-order valence-electron chi connectivity index (χ3n) is 2.88. The molecule has 2 aromatic rings. The van der Waals surface area contributed by atoms with Gasteiger partial charge in [0.25, 0.3) is 0 Å². The van der Waals surface area contributed by atoms with Crippen LogP contribution < -0.4 is 4.74 Å². The zero-order valence-corrected chi connectivity index (χ0v) is 11.3. The molecule has 4 heteroatoms. The zero-order chi connectivity index (χ0) is 13.3. The van der Waals surface area contributed by atoms with Crippen molar-refractivity contribution in [1.29, 1.82) is 0 Å². The molecule has 0 amide bonds. The number of aryl methyl sites for hydroxylation is 2. The van der Waals surface area contributed by atoms with Crippen molar-refractivity contribution >= 4 is 11.6 Å². The molecule has 1 N–H and O–H groups in total. The molecular weight excluding hydrogens is 252 g/mol. The van der Waals surface area contributed by atoms with E-state index in [4.69, 9.17) is 20.8 Å². The van der Waals surface area contributed by atoms with Crippen molar-refractivity contribution in [2.24, 2.45) is 0 Å². The standard InChI is InChI=1S/C14H15ClO3/c1-8-6-12(9(2)18-8)14(16)11-5-4-10(17-3)7-13(11)15/h4-7,14,16H,1-3H3. The van der Waals surface area contributed by atoms with Gasteiger partial charge < -0.3 is 14.3 Å². The van der Waals surface area contributed by atoms with Crippen LogP contribution in [0.2, 0.25) is 5.02 Å². The minimum atomic E-state index is -0.791. The van der Waals surface area contributed by atoms with Gasteiger partial charge in [0.15, 0.2) is 0 Å². The van der Waals surface area contributed by atoms with Crippen LogP contribution in [-0.2, 0) is 0 Å². The number of methoxy groups -OCH3 is 1. The first-order valence-corrected chi connectivity index (χ1v) is 5.99. The zero-order valence-electron chi connectivity index (χ0n) is 10.5. The number of aliphatic hydroxyl groups is 1. The van der Waals surface area contributed by atoms with Gasteiger partial charge in [0, 0.05) is 11.1 Å². The van der Waals surface area contributed by atoms with Crippen molar-refractivity contribution in [1.82, 2.24) is 0 Å². The lowest BCUT2D eigenvalue weighted by Crippen LogP contribution is -2.01. The average Bonchev–Trinajstić information content (AvgIpc) is 2.67. The molecule has 0 aliphatic rings. The molecule has 0 aliphatic heterocycles. The minimum absolute atomic E-state index is 0.472. The smallest absolute Gasteiger partial charge is 0.120 e. The van der Waals surface area contributed by atoms with E-state index >= 15 is 0 Å². The highest BCUT2D eigenvalue weighted by Crippen LogP contribution is 2.33. The summed E-state index contributed by atoms with van der Waals surface area (Å²) in [7, 11) is 1.57. The Morgan fingerprint density at radius 1 is 1.22 bits per heavy atom. The van der Waals surface area contributed by atoms with Gasteiger partial charge in [0.1, 0.15) is 23.4 Å². The summed E-state index contributed by atoms with van der Waals surface area (Å²) in [5.74, 6) is 2.13. The molecule has 3 nitrogen and oxygen atoms in total. The molecule has 1 aromatic heterocycles. The first kappa shape index (κ1) is 13.0. The van der Waals surface area contributed by atoms with Crippen molar-refractivity contribution in [3.8, 4) is 5.75 Å². The SMILES string of the molecule is COc1ccc(C(O)c2cc(C)oc2C)c(Cl)c1. The fourth-order valence-corrected chi connectivity index (χ4v) is 2.22. The van der Waals surface area contributed by atoms with Crippen LogP contribution in [0.15, 0.2) is 28.7 Å². The maximum atomic E-state index is 10.3. The summed E-state index contributed by atoms with van der Waals surface area (Å²) in [6.45, 7) is 3.67. The van der Waals surface area contributed by atoms with E-state index in [-0.39, 0.29) is 0 Å². The minimum Gasteiger partial charge on any atom is -0.497 e. The number of furan rings is 1. The molecule has 2 rings (SSSR count). The van der Waals surface area contributed by atoms with Gasteiger partial charge in [-0.15, -0.1) is 0 Å². The molecule has 1 heterocycles. The molecular formula is C14H15ClO3. The Bertz CT molecular complexity index is 560. The third kappa shape index (κ3) is 2.37. The number of aliphatic hydroxyl groups excluding tert-OH is 1. The first-order chi connectivity index (χ1) is 8.52. The Kier molecular flexibility index (Phi) is 3.64. The van der Waals surface area contributed by atoms with Gasteiger partial charge >= 0.3 is 0 Å². The summed E-state index contributed by atoms with van der Waals surface area (Å²) in [5, 5.41) is 10.8. The predicted molar refractivity (Wildman–Crippen MR) is 70.2 cm³/mol. The Labute approximate surface area is 111 Å². The molecule has 0 spiro atoms. The van der Waals surface area contributed by atoms with Gasteiger partial charge in [-0.05, 0) is 32.0 Å². The Balaban J connectivity index is 2.39. The van der Waals surface area contributed by atoms with Crippen LogP contribution in [-0.4, -0.2) is 12.2 Å². The second kappa shape index (κ2) is 5.04. The molecule has 0 aliphatic carbocycles. The lowest BCUT2D eigenvalue weighted by Gasteiger charge is -2.13. The van der Waals surface area contributed by atoms with Crippen molar-refractivity contribution in [2.75, 3.05) is 7.11 Å². The van der Waals surface area contributed by atoms with E-state index in [1.807, 2.05) is 19.9 Å². The number of benzene rings is 1. The van der Waals surface area contributed by atoms with Crippen LogP contribution in [0.25, 0.3) is 0 Å². The van der Waals surface area contributed by atoms with E-state index in [1.165, 1.54) is 0 Å². The molecule has 1 aromatic carbocycles. The quantitative estimate of drug-likeness (QED) is 0.922. The number of hydrogen-bond donors (Lipinski definition) is 1. The average molecular weight is 267 g/mol. The van der Waals surface area contributed by atoms with Crippen LogP contribution >= 0.6 is 11.6 Å². The summed E-state index contributed by atoms with van der Waals surface area (Å²) in [4.78, 5) is 0. The monoisotopic (exact) mass is 266 g/mol. The Morgan fingerprint density at radius 2 is 1.94 bits per heavy atom. The first-order valence-electron chi connectivity index (χ1n) is 5.61. The van der Waals surface area contributed by atoms with Crippen LogP contribution in [0.3, 0.4) is 0 Å². The van der Waals surface area contributed by atoms with Gasteiger partial charge in [-0.2, -0.15) is 0 Å². The summed E-state index contributed by atoms with van der Waals surface area (Å²) < 4.78 is 10.5. The molecule has 96 valence electrons. The third-order valence-corrected chi connectivity index (χ3v) is 3.20. The van der Waals surface area contributed by atoms with E-state index in [2.05, 4.69) is 0 Å². The van der Waals surface area contributed by atoms with E-state index in [1.54, 1.807) is 25.3 Å². The second-order valence-corrected chi connectivity index (χ2v) is 4.57. The molecule has 0 radical (unpaired) electrons. The van der Waals surface area contributed by atoms with Crippen LogP contribution in [0.5, 0.6) is 5.75 Å². The van der Waals surface area contributed by atoms with Gasteiger partial charge in [-0.1, -0.05) is 17.7 Å². The summed E-state index contributed by atoms with van der Waals surface area (Å²) >= 11 is 6.14. The van der Waals surface area contributed by atoms with Crippen LogP contribution in [0.4, 0.5) is 0 Å². The van der Waals surface area contributed by atoms with Gasteiger partial charge in [-0.3, -0.25) is 0 Å². The highest BCUT2D eigenvalue weighted by Gasteiger charge is 2.19. The lowest BCUT2D eigenvalue weighted by molar-refractivity contribution is 0.218.